The minimum absolute atomic E-state index is 0.263. The van der Waals surface area contributed by atoms with Crippen molar-refractivity contribution >= 4 is 12.2 Å². The summed E-state index contributed by atoms with van der Waals surface area (Å²) >= 11 is 0. The van der Waals surface area contributed by atoms with Crippen molar-refractivity contribution in [2.75, 3.05) is 0 Å². The van der Waals surface area contributed by atoms with E-state index in [1.54, 1.807) is 42.5 Å². The summed E-state index contributed by atoms with van der Waals surface area (Å²) in [4.78, 5) is 0. The predicted octanol–water partition coefficient (Wildman–Crippen LogP) is 4.14. The van der Waals surface area contributed by atoms with Crippen LogP contribution in [0.4, 0.5) is 8.78 Å². The molecule has 0 aliphatic rings. The summed E-state index contributed by atoms with van der Waals surface area (Å²) in [6.07, 6.45) is 3.42. The third-order valence-corrected chi connectivity index (χ3v) is 2.23. The zero-order valence-corrected chi connectivity index (χ0v) is 8.53. The second-order valence-electron chi connectivity index (χ2n) is 3.41. The zero-order chi connectivity index (χ0) is 11.4. The maximum Gasteiger partial charge on any atom is 0.130 e. The summed E-state index contributed by atoms with van der Waals surface area (Å²) in [6.45, 7) is 0. The van der Waals surface area contributed by atoms with E-state index in [0.29, 0.717) is 5.56 Å². The highest BCUT2D eigenvalue weighted by atomic mass is 19.1. The van der Waals surface area contributed by atoms with E-state index in [1.807, 2.05) is 0 Å². The van der Waals surface area contributed by atoms with Crippen LogP contribution < -0.4 is 0 Å². The third kappa shape index (κ3) is 2.54. The van der Waals surface area contributed by atoms with E-state index in [0.717, 1.165) is 5.56 Å². The summed E-state index contributed by atoms with van der Waals surface area (Å²) < 4.78 is 25.9. The van der Waals surface area contributed by atoms with Crippen LogP contribution in [0.25, 0.3) is 12.2 Å². The Kier molecular flexibility index (Phi) is 3.10. The fraction of sp³-hybridized carbons (Fsp3) is 0. The average molecular weight is 216 g/mol. The van der Waals surface area contributed by atoms with E-state index in [-0.39, 0.29) is 11.6 Å². The van der Waals surface area contributed by atoms with Crippen LogP contribution >= 0.6 is 0 Å². The van der Waals surface area contributed by atoms with Crippen molar-refractivity contribution in [3.05, 3.63) is 71.3 Å². The Bertz CT molecular complexity index is 498. The second-order valence-corrected chi connectivity index (χ2v) is 3.41. The number of rotatable bonds is 2. The standard InChI is InChI=1S/C14H10F2/c15-13-9-6-11(7-10-13)5-8-12-3-1-2-4-14(12)16/h1-10H/b8-5+. The minimum atomic E-state index is -0.275. The van der Waals surface area contributed by atoms with Crippen molar-refractivity contribution in [3.8, 4) is 0 Å². The highest BCUT2D eigenvalue weighted by Crippen LogP contribution is 2.12. The molecule has 0 aliphatic carbocycles. The fourth-order valence-corrected chi connectivity index (χ4v) is 1.37. The van der Waals surface area contributed by atoms with Crippen LogP contribution in [0.5, 0.6) is 0 Å². The van der Waals surface area contributed by atoms with Crippen LogP contribution in [0.1, 0.15) is 11.1 Å². The number of hydrogen-bond acceptors (Lipinski definition) is 0. The third-order valence-electron chi connectivity index (χ3n) is 2.23. The SMILES string of the molecule is Fc1ccc(/C=C/c2ccccc2F)cc1. The quantitative estimate of drug-likeness (QED) is 0.662. The highest BCUT2D eigenvalue weighted by Gasteiger charge is 1.95. The van der Waals surface area contributed by atoms with Gasteiger partial charge < -0.3 is 0 Å². The molecule has 0 nitrogen and oxygen atoms in total. The van der Waals surface area contributed by atoms with Gasteiger partial charge in [-0.05, 0) is 23.8 Å². The predicted molar refractivity (Wildman–Crippen MR) is 61.7 cm³/mol. The van der Waals surface area contributed by atoms with Gasteiger partial charge in [-0.3, -0.25) is 0 Å². The summed E-state index contributed by atoms with van der Waals surface area (Å²) in [6, 6.07) is 12.6. The van der Waals surface area contributed by atoms with Gasteiger partial charge in [0.2, 0.25) is 0 Å². The molecule has 16 heavy (non-hydrogen) atoms. The van der Waals surface area contributed by atoms with Gasteiger partial charge in [-0.2, -0.15) is 0 Å². The second kappa shape index (κ2) is 4.71. The smallest absolute Gasteiger partial charge is 0.130 e. The van der Waals surface area contributed by atoms with Gasteiger partial charge in [-0.25, -0.2) is 8.78 Å². The largest absolute Gasteiger partial charge is 0.207 e. The maximum absolute atomic E-state index is 13.2. The van der Waals surface area contributed by atoms with E-state index in [1.165, 1.54) is 18.2 Å². The van der Waals surface area contributed by atoms with Gasteiger partial charge in [-0.1, -0.05) is 42.5 Å². The van der Waals surface area contributed by atoms with Crippen LogP contribution in [-0.2, 0) is 0 Å². The monoisotopic (exact) mass is 216 g/mol. The van der Waals surface area contributed by atoms with Crippen molar-refractivity contribution in [1.29, 1.82) is 0 Å². The molecule has 2 heteroatoms. The molecular weight excluding hydrogens is 206 g/mol. The first-order valence-electron chi connectivity index (χ1n) is 4.94. The van der Waals surface area contributed by atoms with Gasteiger partial charge in [0.05, 0.1) is 0 Å². The number of halogens is 2. The lowest BCUT2D eigenvalue weighted by molar-refractivity contribution is 0.625. The molecule has 0 amide bonds. The molecule has 0 radical (unpaired) electrons. The van der Waals surface area contributed by atoms with Crippen LogP contribution in [-0.4, -0.2) is 0 Å². The first-order valence-corrected chi connectivity index (χ1v) is 4.94. The average Bonchev–Trinajstić information content (AvgIpc) is 2.30. The minimum Gasteiger partial charge on any atom is -0.207 e. The van der Waals surface area contributed by atoms with Crippen molar-refractivity contribution < 1.29 is 8.78 Å². The van der Waals surface area contributed by atoms with Gasteiger partial charge in [0.25, 0.3) is 0 Å². The summed E-state index contributed by atoms with van der Waals surface area (Å²) in [5.41, 5.74) is 1.36. The first-order chi connectivity index (χ1) is 7.75. The Morgan fingerprint density at radius 3 is 2.12 bits per heavy atom. The van der Waals surface area contributed by atoms with E-state index in [9.17, 15) is 8.78 Å². The van der Waals surface area contributed by atoms with Crippen molar-refractivity contribution in [2.24, 2.45) is 0 Å². The molecule has 0 N–H and O–H groups in total. The van der Waals surface area contributed by atoms with Gasteiger partial charge in [0.1, 0.15) is 11.6 Å². The van der Waals surface area contributed by atoms with E-state index in [2.05, 4.69) is 0 Å². The molecule has 2 aromatic carbocycles. The molecule has 0 bridgehead atoms. The summed E-state index contributed by atoms with van der Waals surface area (Å²) in [5, 5.41) is 0. The lowest BCUT2D eigenvalue weighted by Crippen LogP contribution is -1.79. The summed E-state index contributed by atoms with van der Waals surface area (Å²) in [5.74, 6) is -0.538. The highest BCUT2D eigenvalue weighted by molar-refractivity contribution is 5.69. The number of hydrogen-bond donors (Lipinski definition) is 0. The van der Waals surface area contributed by atoms with Gasteiger partial charge in [-0.15, -0.1) is 0 Å². The maximum atomic E-state index is 13.2. The van der Waals surface area contributed by atoms with Crippen molar-refractivity contribution in [2.45, 2.75) is 0 Å². The molecule has 0 atom stereocenters. The molecule has 0 spiro atoms. The fourth-order valence-electron chi connectivity index (χ4n) is 1.37. The van der Waals surface area contributed by atoms with Crippen LogP contribution in [0.2, 0.25) is 0 Å². The van der Waals surface area contributed by atoms with Crippen molar-refractivity contribution in [3.63, 3.8) is 0 Å². The van der Waals surface area contributed by atoms with Crippen molar-refractivity contribution in [1.82, 2.24) is 0 Å². The molecule has 0 heterocycles. The molecule has 0 aliphatic heterocycles. The molecule has 2 aromatic rings. The molecule has 80 valence electrons. The molecule has 0 saturated heterocycles. The molecule has 0 saturated carbocycles. The van der Waals surface area contributed by atoms with E-state index >= 15 is 0 Å². The van der Waals surface area contributed by atoms with Crippen LogP contribution in [0.15, 0.2) is 48.5 Å². The topological polar surface area (TPSA) is 0 Å². The Hall–Kier alpha value is -1.96. The van der Waals surface area contributed by atoms with E-state index < -0.39 is 0 Å². The van der Waals surface area contributed by atoms with Gasteiger partial charge in [0.15, 0.2) is 0 Å². The van der Waals surface area contributed by atoms with Gasteiger partial charge in [0, 0.05) is 5.56 Å². The molecule has 2 rings (SSSR count). The Morgan fingerprint density at radius 1 is 0.750 bits per heavy atom. The van der Waals surface area contributed by atoms with Crippen LogP contribution in [0, 0.1) is 11.6 Å². The molecule has 0 aromatic heterocycles. The summed E-state index contributed by atoms with van der Waals surface area (Å²) in [7, 11) is 0. The first kappa shape index (κ1) is 10.6. The Balaban J connectivity index is 2.21. The Labute approximate surface area is 92.9 Å². The molecular formula is C14H10F2. The molecule has 0 unspecified atom stereocenters. The Morgan fingerprint density at radius 2 is 1.44 bits per heavy atom. The van der Waals surface area contributed by atoms with Crippen LogP contribution in [0.3, 0.4) is 0 Å². The number of benzene rings is 2. The van der Waals surface area contributed by atoms with Gasteiger partial charge >= 0.3 is 0 Å². The molecule has 0 fully saturated rings. The lowest BCUT2D eigenvalue weighted by atomic mass is 10.1. The normalized spacial score (nSPS) is 10.9. The van der Waals surface area contributed by atoms with E-state index in [4.69, 9.17) is 0 Å². The zero-order valence-electron chi connectivity index (χ0n) is 8.53. The lowest BCUT2D eigenvalue weighted by Gasteiger charge is -1.96.